The van der Waals surface area contributed by atoms with Crippen LogP contribution in [0, 0.1) is 5.92 Å². The predicted molar refractivity (Wildman–Crippen MR) is 117 cm³/mol. The van der Waals surface area contributed by atoms with Crippen molar-refractivity contribution in [3.05, 3.63) is 41.5 Å². The largest absolute Gasteiger partial charge is 0.504 e. The van der Waals surface area contributed by atoms with Crippen LogP contribution in [0.5, 0.6) is 17.2 Å². The first kappa shape index (κ1) is 20.7. The maximum atomic E-state index is 12.5. The summed E-state index contributed by atoms with van der Waals surface area (Å²) >= 11 is 0. The van der Waals surface area contributed by atoms with E-state index in [4.69, 9.17) is 14.2 Å². The molecule has 32 heavy (non-hydrogen) atoms. The lowest BCUT2D eigenvalue weighted by molar-refractivity contribution is -0.157. The predicted octanol–water partition coefficient (Wildman–Crippen LogP) is 3.96. The van der Waals surface area contributed by atoms with Gasteiger partial charge in [0.25, 0.3) is 5.91 Å². The highest BCUT2D eigenvalue weighted by Crippen LogP contribution is 2.47. The van der Waals surface area contributed by atoms with Crippen LogP contribution in [-0.2, 0) is 16.1 Å². The van der Waals surface area contributed by atoms with E-state index in [1.165, 1.54) is 7.11 Å². The molecule has 0 aromatic heterocycles. The van der Waals surface area contributed by atoms with E-state index >= 15 is 0 Å². The average molecular weight is 437 g/mol. The smallest absolute Gasteiger partial charge is 0.309 e. The molecule has 0 unspecified atom stereocenters. The Hall–Kier alpha value is -3.22. The molecule has 3 aliphatic rings. The third-order valence-corrected chi connectivity index (χ3v) is 6.69. The molecular formula is C25H27NO6. The average Bonchev–Trinajstić information content (AvgIpc) is 3.18. The van der Waals surface area contributed by atoms with Gasteiger partial charge in [-0.15, -0.1) is 0 Å². The molecule has 0 bridgehead atoms. The maximum Gasteiger partial charge on any atom is 0.309 e. The molecule has 2 aliphatic carbocycles. The van der Waals surface area contributed by atoms with E-state index in [9.17, 15) is 14.7 Å². The standard InChI is InChI=1S/C25H27NO6/c1-30-22-20(27)9-8-18(16-6-7-19-17(12-16)13-26-23(19)28)21(22)31-14-25(10-11-25)32-24(29)15-4-2-3-5-15/h6-9,12,15,27H,2-5,10-11,13-14H2,1H3,(H,26,28). The van der Waals surface area contributed by atoms with Crippen LogP contribution in [-0.4, -0.2) is 36.3 Å². The summed E-state index contributed by atoms with van der Waals surface area (Å²) in [4.78, 5) is 24.4. The minimum Gasteiger partial charge on any atom is -0.504 e. The highest BCUT2D eigenvalue weighted by atomic mass is 16.6. The van der Waals surface area contributed by atoms with Crippen molar-refractivity contribution in [2.75, 3.05) is 13.7 Å². The fourth-order valence-corrected chi connectivity index (χ4v) is 4.60. The fourth-order valence-electron chi connectivity index (χ4n) is 4.60. The van der Waals surface area contributed by atoms with Gasteiger partial charge in [0.2, 0.25) is 5.75 Å². The van der Waals surface area contributed by atoms with E-state index in [0.717, 1.165) is 55.2 Å². The van der Waals surface area contributed by atoms with Gasteiger partial charge in [-0.3, -0.25) is 9.59 Å². The van der Waals surface area contributed by atoms with Crippen LogP contribution in [0.2, 0.25) is 0 Å². The van der Waals surface area contributed by atoms with Gasteiger partial charge in [0.05, 0.1) is 13.0 Å². The molecule has 0 saturated heterocycles. The lowest BCUT2D eigenvalue weighted by atomic mass is 9.99. The highest BCUT2D eigenvalue weighted by molar-refractivity contribution is 5.99. The number of phenols is 1. The molecule has 2 saturated carbocycles. The Morgan fingerprint density at radius 1 is 1.12 bits per heavy atom. The lowest BCUT2D eigenvalue weighted by Crippen LogP contribution is -2.30. The van der Waals surface area contributed by atoms with Gasteiger partial charge in [-0.2, -0.15) is 0 Å². The van der Waals surface area contributed by atoms with Crippen molar-refractivity contribution >= 4 is 11.9 Å². The minimum absolute atomic E-state index is 0.000996. The van der Waals surface area contributed by atoms with Crippen LogP contribution in [0.25, 0.3) is 11.1 Å². The quantitative estimate of drug-likeness (QED) is 0.637. The topological polar surface area (TPSA) is 94.1 Å². The number of amides is 1. The number of rotatable bonds is 7. The zero-order chi connectivity index (χ0) is 22.3. The molecule has 0 spiro atoms. The number of carbonyl (C=O) groups is 2. The number of carbonyl (C=O) groups excluding carboxylic acids is 2. The van der Waals surface area contributed by atoms with Crippen molar-refractivity contribution < 1.29 is 28.9 Å². The second-order valence-corrected chi connectivity index (χ2v) is 8.92. The molecule has 1 amide bonds. The Balaban J connectivity index is 1.40. The second kappa shape index (κ2) is 8.04. The van der Waals surface area contributed by atoms with E-state index in [1.807, 2.05) is 12.1 Å². The van der Waals surface area contributed by atoms with E-state index in [2.05, 4.69) is 5.32 Å². The van der Waals surface area contributed by atoms with Gasteiger partial charge >= 0.3 is 5.97 Å². The molecular weight excluding hydrogens is 410 g/mol. The van der Waals surface area contributed by atoms with Crippen LogP contribution in [0.4, 0.5) is 0 Å². The first-order valence-corrected chi connectivity index (χ1v) is 11.2. The number of benzene rings is 2. The highest BCUT2D eigenvalue weighted by Gasteiger charge is 2.49. The minimum atomic E-state index is -0.609. The van der Waals surface area contributed by atoms with Gasteiger partial charge in [-0.05, 0) is 61.1 Å². The van der Waals surface area contributed by atoms with E-state index in [0.29, 0.717) is 17.9 Å². The van der Waals surface area contributed by atoms with Crippen molar-refractivity contribution in [3.63, 3.8) is 0 Å². The number of aromatic hydroxyl groups is 1. The number of hydrogen-bond donors (Lipinski definition) is 2. The maximum absolute atomic E-state index is 12.5. The van der Waals surface area contributed by atoms with Crippen molar-refractivity contribution in [3.8, 4) is 28.4 Å². The molecule has 2 aromatic carbocycles. The molecule has 7 nitrogen and oxygen atoms in total. The Labute approximate surface area is 186 Å². The SMILES string of the molecule is COc1c(O)ccc(-c2ccc3c(c2)CNC3=O)c1OCC1(OC(=O)C2CCCC2)CC1. The van der Waals surface area contributed by atoms with Crippen molar-refractivity contribution in [1.29, 1.82) is 0 Å². The van der Waals surface area contributed by atoms with E-state index in [-0.39, 0.29) is 35.9 Å². The second-order valence-electron chi connectivity index (χ2n) is 8.92. The van der Waals surface area contributed by atoms with Crippen molar-refractivity contribution in [2.24, 2.45) is 5.92 Å². The van der Waals surface area contributed by atoms with Crippen LogP contribution >= 0.6 is 0 Å². The van der Waals surface area contributed by atoms with Crippen LogP contribution < -0.4 is 14.8 Å². The Kier molecular flexibility index (Phi) is 5.19. The summed E-state index contributed by atoms with van der Waals surface area (Å²) < 4.78 is 17.5. The van der Waals surface area contributed by atoms with Gasteiger partial charge in [0.1, 0.15) is 12.2 Å². The summed E-state index contributed by atoms with van der Waals surface area (Å²) in [5.41, 5.74) is 2.55. The molecule has 168 valence electrons. The van der Waals surface area contributed by atoms with Crippen molar-refractivity contribution in [1.82, 2.24) is 5.32 Å². The first-order valence-electron chi connectivity index (χ1n) is 11.2. The molecule has 1 heterocycles. The van der Waals surface area contributed by atoms with Gasteiger partial charge in [-0.25, -0.2) is 0 Å². The number of nitrogens with one attached hydrogen (secondary N) is 1. The Morgan fingerprint density at radius 2 is 1.88 bits per heavy atom. The normalized spacial score (nSPS) is 18.7. The summed E-state index contributed by atoms with van der Waals surface area (Å²) in [5, 5.41) is 13.2. The molecule has 1 aliphatic heterocycles. The fraction of sp³-hybridized carbons (Fsp3) is 0.440. The molecule has 2 fully saturated rings. The molecule has 0 radical (unpaired) electrons. The molecule has 5 rings (SSSR count). The summed E-state index contributed by atoms with van der Waals surface area (Å²) in [5.74, 6) is 0.398. The molecule has 2 aromatic rings. The molecule has 0 atom stereocenters. The zero-order valence-electron chi connectivity index (χ0n) is 18.1. The zero-order valence-corrected chi connectivity index (χ0v) is 18.1. The number of esters is 1. The van der Waals surface area contributed by atoms with Gasteiger partial charge < -0.3 is 24.6 Å². The van der Waals surface area contributed by atoms with Crippen LogP contribution in [0.15, 0.2) is 30.3 Å². The third kappa shape index (κ3) is 3.76. The molecule has 7 heteroatoms. The Morgan fingerprint density at radius 3 is 2.59 bits per heavy atom. The molecule has 2 N–H and O–H groups in total. The number of ether oxygens (including phenoxy) is 3. The third-order valence-electron chi connectivity index (χ3n) is 6.69. The number of phenolic OH excluding ortho intramolecular Hbond substituents is 1. The summed E-state index contributed by atoms with van der Waals surface area (Å²) in [7, 11) is 1.48. The number of methoxy groups -OCH3 is 1. The van der Waals surface area contributed by atoms with Gasteiger partial charge in [0, 0.05) is 17.7 Å². The summed E-state index contributed by atoms with van der Waals surface area (Å²) in [6.45, 7) is 0.677. The van der Waals surface area contributed by atoms with Gasteiger partial charge in [0.15, 0.2) is 11.5 Å². The Bertz CT molecular complexity index is 1070. The van der Waals surface area contributed by atoms with Crippen LogP contribution in [0.1, 0.15) is 54.4 Å². The number of hydrogen-bond acceptors (Lipinski definition) is 6. The number of fused-ring (bicyclic) bond motifs is 1. The first-order chi connectivity index (χ1) is 15.5. The summed E-state index contributed by atoms with van der Waals surface area (Å²) in [6, 6.07) is 8.92. The van der Waals surface area contributed by atoms with Crippen molar-refractivity contribution in [2.45, 2.75) is 50.7 Å². The van der Waals surface area contributed by atoms with E-state index in [1.54, 1.807) is 18.2 Å². The van der Waals surface area contributed by atoms with Gasteiger partial charge in [-0.1, -0.05) is 18.9 Å². The summed E-state index contributed by atoms with van der Waals surface area (Å²) in [6.07, 6.45) is 5.47. The van der Waals surface area contributed by atoms with E-state index < -0.39 is 5.60 Å². The van der Waals surface area contributed by atoms with Crippen LogP contribution in [0.3, 0.4) is 0 Å². The monoisotopic (exact) mass is 437 g/mol. The lowest BCUT2D eigenvalue weighted by Gasteiger charge is -2.22.